The number of carbonyl (C=O) groups is 1. The van der Waals surface area contributed by atoms with Crippen LogP contribution in [0.4, 0.5) is 0 Å². The molecule has 0 saturated heterocycles. The average molecular weight is 379 g/mol. The number of hydrogen-bond donors (Lipinski definition) is 1. The van der Waals surface area contributed by atoms with Crippen molar-refractivity contribution in [2.75, 3.05) is 20.3 Å². The van der Waals surface area contributed by atoms with Gasteiger partial charge < -0.3 is 14.2 Å². The molecule has 1 heterocycles. The molecule has 144 valence electrons. The van der Waals surface area contributed by atoms with Crippen LogP contribution in [0.2, 0.25) is 0 Å². The average Bonchev–Trinajstić information content (AvgIpc) is 3.22. The lowest BCUT2D eigenvalue weighted by atomic mass is 10.1. The number of hydrogen-bond acceptors (Lipinski definition) is 6. The number of ether oxygens (including phenoxy) is 3. The van der Waals surface area contributed by atoms with Gasteiger partial charge in [-0.15, -0.1) is 5.10 Å². The first kappa shape index (κ1) is 19.2. The van der Waals surface area contributed by atoms with Crippen molar-refractivity contribution in [3.63, 3.8) is 0 Å². The lowest BCUT2D eigenvalue weighted by molar-refractivity contribution is 0.0520. The summed E-state index contributed by atoms with van der Waals surface area (Å²) in [4.78, 5) is 12.0. The van der Waals surface area contributed by atoms with Gasteiger partial charge in [0, 0.05) is 5.56 Å². The molecular weight excluding hydrogens is 358 g/mol. The van der Waals surface area contributed by atoms with Crippen molar-refractivity contribution < 1.29 is 19.0 Å². The Morgan fingerprint density at radius 2 is 1.93 bits per heavy atom. The Morgan fingerprint density at radius 3 is 2.68 bits per heavy atom. The van der Waals surface area contributed by atoms with Crippen LogP contribution < -0.4 is 9.47 Å². The fraction of sp³-hybridized carbons (Fsp3) is 0.190. The highest BCUT2D eigenvalue weighted by atomic mass is 16.5. The minimum absolute atomic E-state index is 0.128. The van der Waals surface area contributed by atoms with Crippen LogP contribution >= 0.6 is 0 Å². The minimum Gasteiger partial charge on any atom is -0.493 e. The number of benzene rings is 2. The number of H-pyrrole nitrogens is 1. The minimum atomic E-state index is -0.531. The van der Waals surface area contributed by atoms with Gasteiger partial charge in [0.1, 0.15) is 12.3 Å². The van der Waals surface area contributed by atoms with Gasteiger partial charge in [0.25, 0.3) is 0 Å². The molecule has 0 amide bonds. The van der Waals surface area contributed by atoms with Gasteiger partial charge in [0.15, 0.2) is 17.2 Å². The first-order chi connectivity index (χ1) is 13.7. The van der Waals surface area contributed by atoms with Gasteiger partial charge in [-0.05, 0) is 36.8 Å². The third kappa shape index (κ3) is 4.56. The highest BCUT2D eigenvalue weighted by molar-refractivity contribution is 5.94. The molecule has 3 aromatic rings. The lowest BCUT2D eigenvalue weighted by Gasteiger charge is -2.10. The van der Waals surface area contributed by atoms with E-state index in [9.17, 15) is 4.79 Å². The third-order valence-corrected chi connectivity index (χ3v) is 3.90. The van der Waals surface area contributed by atoms with Crippen LogP contribution in [0.1, 0.15) is 23.0 Å². The molecule has 7 heteroatoms. The monoisotopic (exact) mass is 379 g/mol. The molecule has 0 bridgehead atoms. The molecule has 0 spiro atoms. The Hall–Kier alpha value is -3.61. The van der Waals surface area contributed by atoms with E-state index in [2.05, 4.69) is 15.4 Å². The van der Waals surface area contributed by atoms with Gasteiger partial charge in [-0.2, -0.15) is 10.3 Å². The Morgan fingerprint density at radius 1 is 1.11 bits per heavy atom. The number of rotatable bonds is 8. The zero-order chi connectivity index (χ0) is 19.8. The molecule has 1 N–H and O–H groups in total. The highest BCUT2D eigenvalue weighted by Gasteiger charge is 2.20. The van der Waals surface area contributed by atoms with Crippen molar-refractivity contribution in [1.29, 1.82) is 0 Å². The molecule has 28 heavy (non-hydrogen) atoms. The predicted molar refractivity (Wildman–Crippen MR) is 105 cm³/mol. The van der Waals surface area contributed by atoms with E-state index >= 15 is 0 Å². The van der Waals surface area contributed by atoms with Crippen molar-refractivity contribution in [2.45, 2.75) is 6.92 Å². The highest BCUT2D eigenvalue weighted by Crippen LogP contribution is 2.32. The number of nitrogens with zero attached hydrogens (tertiary/aromatic N) is 2. The van der Waals surface area contributed by atoms with E-state index in [1.165, 1.54) is 0 Å². The van der Waals surface area contributed by atoms with Crippen LogP contribution in [0.5, 0.6) is 11.5 Å². The topological polar surface area (TPSA) is 86.3 Å². The van der Waals surface area contributed by atoms with E-state index in [0.29, 0.717) is 29.4 Å². The first-order valence-electron chi connectivity index (χ1n) is 8.83. The standard InChI is InChI=1S/C21H21N3O4/c1-3-27-21(25)20-19(22-24-23-20)16-11-12-17(18(14-16)26-2)28-13-7-10-15-8-5-4-6-9-15/h4-12,14H,3,13H2,1-2H3,(H,22,23,24). The summed E-state index contributed by atoms with van der Waals surface area (Å²) in [7, 11) is 1.56. The summed E-state index contributed by atoms with van der Waals surface area (Å²) in [6.07, 6.45) is 3.92. The summed E-state index contributed by atoms with van der Waals surface area (Å²) in [5.74, 6) is 0.588. The van der Waals surface area contributed by atoms with E-state index in [0.717, 1.165) is 5.56 Å². The summed E-state index contributed by atoms with van der Waals surface area (Å²) < 4.78 is 16.2. The number of aromatic nitrogens is 3. The third-order valence-electron chi connectivity index (χ3n) is 3.90. The van der Waals surface area contributed by atoms with Gasteiger partial charge in [0.2, 0.25) is 0 Å². The van der Waals surface area contributed by atoms with E-state index in [1.54, 1.807) is 32.2 Å². The fourth-order valence-corrected chi connectivity index (χ4v) is 2.59. The van der Waals surface area contributed by atoms with Crippen molar-refractivity contribution in [3.8, 4) is 22.8 Å². The maximum Gasteiger partial charge on any atom is 0.361 e. The van der Waals surface area contributed by atoms with Gasteiger partial charge in [-0.25, -0.2) is 4.79 Å². The maximum absolute atomic E-state index is 12.0. The Kier molecular flexibility index (Phi) is 6.41. The van der Waals surface area contributed by atoms with Gasteiger partial charge in [-0.3, -0.25) is 0 Å². The second-order valence-corrected chi connectivity index (χ2v) is 5.73. The smallest absolute Gasteiger partial charge is 0.361 e. The van der Waals surface area contributed by atoms with Crippen molar-refractivity contribution >= 4 is 12.0 Å². The SMILES string of the molecule is CCOC(=O)c1n[nH]nc1-c1ccc(OCC=Cc2ccccc2)c(OC)c1. The number of methoxy groups -OCH3 is 1. The summed E-state index contributed by atoms with van der Waals surface area (Å²) in [5.41, 5.74) is 2.29. The molecular formula is C21H21N3O4. The number of esters is 1. The first-order valence-corrected chi connectivity index (χ1v) is 8.83. The normalized spacial score (nSPS) is 10.8. The molecule has 0 fully saturated rings. The van der Waals surface area contributed by atoms with E-state index in [4.69, 9.17) is 14.2 Å². The molecule has 3 rings (SSSR count). The van der Waals surface area contributed by atoms with E-state index in [-0.39, 0.29) is 12.3 Å². The van der Waals surface area contributed by atoms with Crippen LogP contribution in [-0.2, 0) is 4.74 Å². The lowest BCUT2D eigenvalue weighted by Crippen LogP contribution is -2.06. The largest absolute Gasteiger partial charge is 0.493 e. The predicted octanol–water partition coefficient (Wildman–Crippen LogP) is 3.75. The molecule has 0 aliphatic carbocycles. The summed E-state index contributed by atoms with van der Waals surface area (Å²) in [6, 6.07) is 15.3. The second kappa shape index (κ2) is 9.36. The number of carbonyl (C=O) groups excluding carboxylic acids is 1. The molecule has 1 aromatic heterocycles. The molecule has 0 unspecified atom stereocenters. The van der Waals surface area contributed by atoms with Crippen molar-refractivity contribution in [1.82, 2.24) is 15.4 Å². The zero-order valence-electron chi connectivity index (χ0n) is 15.7. The van der Waals surface area contributed by atoms with Gasteiger partial charge >= 0.3 is 5.97 Å². The van der Waals surface area contributed by atoms with Crippen LogP contribution in [0.25, 0.3) is 17.3 Å². The quantitative estimate of drug-likeness (QED) is 0.600. The fourth-order valence-electron chi connectivity index (χ4n) is 2.59. The van der Waals surface area contributed by atoms with Crippen LogP contribution in [0.15, 0.2) is 54.6 Å². The molecule has 7 nitrogen and oxygen atoms in total. The molecule has 0 radical (unpaired) electrons. The molecule has 0 saturated carbocycles. The van der Waals surface area contributed by atoms with Crippen molar-refractivity contribution in [3.05, 3.63) is 65.9 Å². The van der Waals surface area contributed by atoms with Crippen LogP contribution in [0.3, 0.4) is 0 Å². The van der Waals surface area contributed by atoms with Crippen LogP contribution in [0, 0.1) is 0 Å². The van der Waals surface area contributed by atoms with E-state index in [1.807, 2.05) is 42.5 Å². The van der Waals surface area contributed by atoms with Gasteiger partial charge in [0.05, 0.1) is 13.7 Å². The van der Waals surface area contributed by atoms with E-state index < -0.39 is 5.97 Å². The molecule has 0 aliphatic rings. The number of aromatic amines is 1. The Balaban J connectivity index is 1.73. The summed E-state index contributed by atoms with van der Waals surface area (Å²) in [6.45, 7) is 2.39. The summed E-state index contributed by atoms with van der Waals surface area (Å²) >= 11 is 0. The Bertz CT molecular complexity index is 951. The van der Waals surface area contributed by atoms with Gasteiger partial charge in [-0.1, -0.05) is 36.4 Å². The second-order valence-electron chi connectivity index (χ2n) is 5.73. The molecule has 0 atom stereocenters. The zero-order valence-corrected chi connectivity index (χ0v) is 15.7. The molecule has 2 aromatic carbocycles. The number of nitrogens with one attached hydrogen (secondary N) is 1. The Labute approximate surface area is 162 Å². The molecule has 0 aliphatic heterocycles. The van der Waals surface area contributed by atoms with Crippen LogP contribution in [-0.4, -0.2) is 41.7 Å². The summed E-state index contributed by atoms with van der Waals surface area (Å²) in [5, 5.41) is 10.4. The maximum atomic E-state index is 12.0. The van der Waals surface area contributed by atoms with Crippen molar-refractivity contribution in [2.24, 2.45) is 0 Å².